The zero-order valence-electron chi connectivity index (χ0n) is 15.8. The smallest absolute Gasteiger partial charge is 0.191 e. The molecule has 1 fully saturated rings. The SMILES string of the molecule is CCNC(=NCCCN1CCOCC1)NCCCCn1ccnc1C. The summed E-state index contributed by atoms with van der Waals surface area (Å²) in [5.41, 5.74) is 0. The van der Waals surface area contributed by atoms with E-state index in [-0.39, 0.29) is 0 Å². The van der Waals surface area contributed by atoms with Crippen LogP contribution in [0.4, 0.5) is 0 Å². The van der Waals surface area contributed by atoms with Gasteiger partial charge in [0.1, 0.15) is 5.82 Å². The first kappa shape index (κ1) is 19.7. The molecule has 0 bridgehead atoms. The summed E-state index contributed by atoms with van der Waals surface area (Å²) in [6.07, 6.45) is 7.26. The zero-order valence-corrected chi connectivity index (χ0v) is 15.8. The zero-order chi connectivity index (χ0) is 17.7. The van der Waals surface area contributed by atoms with Crippen LogP contribution in [0.5, 0.6) is 0 Å². The number of unbranched alkanes of at least 4 members (excludes halogenated alkanes) is 1. The molecule has 7 heteroatoms. The summed E-state index contributed by atoms with van der Waals surface area (Å²) in [6, 6.07) is 0. The highest BCUT2D eigenvalue weighted by Gasteiger charge is 2.09. The van der Waals surface area contributed by atoms with Gasteiger partial charge >= 0.3 is 0 Å². The molecule has 142 valence electrons. The molecule has 2 N–H and O–H groups in total. The molecule has 0 radical (unpaired) electrons. The van der Waals surface area contributed by atoms with Crippen LogP contribution < -0.4 is 10.6 Å². The van der Waals surface area contributed by atoms with E-state index in [2.05, 4.69) is 37.0 Å². The molecule has 0 unspecified atom stereocenters. The van der Waals surface area contributed by atoms with Crippen LogP contribution in [-0.4, -0.2) is 72.9 Å². The molecule has 0 atom stereocenters. The summed E-state index contributed by atoms with van der Waals surface area (Å²) in [6.45, 7) is 12.8. The number of aromatic nitrogens is 2. The minimum atomic E-state index is 0.862. The molecule has 1 aliphatic heterocycles. The number of nitrogens with one attached hydrogen (secondary N) is 2. The molecular formula is C18H34N6O. The Morgan fingerprint density at radius 1 is 1.20 bits per heavy atom. The van der Waals surface area contributed by atoms with E-state index in [1.807, 2.05) is 19.3 Å². The van der Waals surface area contributed by atoms with Crippen molar-refractivity contribution in [3.63, 3.8) is 0 Å². The van der Waals surface area contributed by atoms with Crippen LogP contribution in [-0.2, 0) is 11.3 Å². The number of hydrogen-bond acceptors (Lipinski definition) is 4. The van der Waals surface area contributed by atoms with Crippen LogP contribution in [0.25, 0.3) is 0 Å². The number of morpholine rings is 1. The molecule has 1 aliphatic rings. The molecule has 1 aromatic rings. The van der Waals surface area contributed by atoms with Gasteiger partial charge in [0.2, 0.25) is 0 Å². The van der Waals surface area contributed by atoms with Gasteiger partial charge in [-0.15, -0.1) is 0 Å². The quantitative estimate of drug-likeness (QED) is 0.378. The number of ether oxygens (including phenoxy) is 1. The average molecular weight is 351 g/mol. The predicted octanol–water partition coefficient (Wildman–Crippen LogP) is 1.25. The van der Waals surface area contributed by atoms with Crippen LogP contribution >= 0.6 is 0 Å². The van der Waals surface area contributed by atoms with E-state index in [0.717, 1.165) is 90.1 Å². The number of hydrogen-bond donors (Lipinski definition) is 2. The molecule has 0 aromatic carbocycles. The summed E-state index contributed by atoms with van der Waals surface area (Å²) in [7, 11) is 0. The van der Waals surface area contributed by atoms with Crippen LogP contribution in [0.1, 0.15) is 32.0 Å². The van der Waals surface area contributed by atoms with Gasteiger partial charge in [-0.1, -0.05) is 0 Å². The molecule has 2 heterocycles. The van der Waals surface area contributed by atoms with Crippen LogP contribution in [0.2, 0.25) is 0 Å². The summed E-state index contributed by atoms with van der Waals surface area (Å²) in [4.78, 5) is 11.4. The minimum absolute atomic E-state index is 0.862. The van der Waals surface area contributed by atoms with Gasteiger partial charge in [-0.3, -0.25) is 9.89 Å². The van der Waals surface area contributed by atoms with E-state index < -0.39 is 0 Å². The highest BCUT2D eigenvalue weighted by Crippen LogP contribution is 2.00. The molecule has 1 aromatic heterocycles. The van der Waals surface area contributed by atoms with Gasteiger partial charge in [0.05, 0.1) is 13.2 Å². The molecule has 2 rings (SSSR count). The number of imidazole rings is 1. The van der Waals surface area contributed by atoms with Gasteiger partial charge in [0, 0.05) is 58.2 Å². The third-order valence-corrected chi connectivity index (χ3v) is 4.39. The first-order valence-electron chi connectivity index (χ1n) is 9.59. The lowest BCUT2D eigenvalue weighted by atomic mass is 10.3. The van der Waals surface area contributed by atoms with Gasteiger partial charge < -0.3 is 19.9 Å². The molecule has 0 aliphatic carbocycles. The maximum Gasteiger partial charge on any atom is 0.191 e. The Morgan fingerprint density at radius 2 is 2.04 bits per heavy atom. The lowest BCUT2D eigenvalue weighted by molar-refractivity contribution is 0.0377. The summed E-state index contributed by atoms with van der Waals surface area (Å²) in [5, 5.41) is 6.76. The Kier molecular flexibility index (Phi) is 9.36. The van der Waals surface area contributed by atoms with E-state index >= 15 is 0 Å². The van der Waals surface area contributed by atoms with E-state index in [1.54, 1.807) is 0 Å². The first-order chi connectivity index (χ1) is 12.3. The van der Waals surface area contributed by atoms with Crippen molar-refractivity contribution in [2.75, 3.05) is 52.5 Å². The molecular weight excluding hydrogens is 316 g/mol. The number of rotatable bonds is 10. The van der Waals surface area contributed by atoms with Crippen molar-refractivity contribution in [3.05, 3.63) is 18.2 Å². The van der Waals surface area contributed by atoms with Gasteiger partial charge in [-0.25, -0.2) is 4.98 Å². The normalized spacial score (nSPS) is 16.2. The Bertz CT molecular complexity index is 496. The fourth-order valence-electron chi connectivity index (χ4n) is 2.91. The predicted molar refractivity (Wildman–Crippen MR) is 102 cm³/mol. The van der Waals surface area contributed by atoms with Gasteiger partial charge in [-0.2, -0.15) is 0 Å². The van der Waals surface area contributed by atoms with E-state index in [0.29, 0.717) is 0 Å². The Balaban J connectivity index is 1.57. The molecule has 1 saturated heterocycles. The Morgan fingerprint density at radius 3 is 2.76 bits per heavy atom. The van der Waals surface area contributed by atoms with Gasteiger partial charge in [0.15, 0.2) is 5.96 Å². The molecule has 7 nitrogen and oxygen atoms in total. The summed E-state index contributed by atoms with van der Waals surface area (Å²) < 4.78 is 7.58. The largest absolute Gasteiger partial charge is 0.379 e. The van der Waals surface area contributed by atoms with Gasteiger partial charge in [-0.05, 0) is 33.1 Å². The summed E-state index contributed by atoms with van der Waals surface area (Å²) in [5.74, 6) is 2.02. The molecule has 0 amide bonds. The molecule has 0 spiro atoms. The van der Waals surface area contributed by atoms with Gasteiger partial charge in [0.25, 0.3) is 0 Å². The van der Waals surface area contributed by atoms with Crippen LogP contribution in [0.15, 0.2) is 17.4 Å². The third kappa shape index (κ3) is 7.88. The third-order valence-electron chi connectivity index (χ3n) is 4.39. The fourth-order valence-corrected chi connectivity index (χ4v) is 2.91. The van der Waals surface area contributed by atoms with Crippen molar-refractivity contribution in [3.8, 4) is 0 Å². The lowest BCUT2D eigenvalue weighted by Crippen LogP contribution is -2.38. The Labute approximate surface area is 151 Å². The van der Waals surface area contributed by atoms with E-state index in [4.69, 9.17) is 4.74 Å². The van der Waals surface area contributed by atoms with Crippen LogP contribution in [0, 0.1) is 6.92 Å². The van der Waals surface area contributed by atoms with E-state index in [1.165, 1.54) is 0 Å². The van der Waals surface area contributed by atoms with E-state index in [9.17, 15) is 0 Å². The second kappa shape index (κ2) is 11.9. The maximum absolute atomic E-state index is 5.38. The first-order valence-corrected chi connectivity index (χ1v) is 9.59. The highest BCUT2D eigenvalue weighted by atomic mass is 16.5. The monoisotopic (exact) mass is 350 g/mol. The summed E-state index contributed by atoms with van der Waals surface area (Å²) >= 11 is 0. The number of aryl methyl sites for hydroxylation is 2. The van der Waals surface area contributed by atoms with Crippen molar-refractivity contribution < 1.29 is 4.74 Å². The second-order valence-electron chi connectivity index (χ2n) is 6.37. The maximum atomic E-state index is 5.38. The number of aliphatic imine (C=N–C) groups is 1. The standard InChI is InChI=1S/C18H34N6O/c1-3-19-18(22-8-6-10-23-13-15-25-16-14-23)21-7-4-5-11-24-12-9-20-17(24)2/h9,12H,3-8,10-11,13-16H2,1-2H3,(H2,19,21,22). The van der Waals surface area contributed by atoms with Crippen LogP contribution in [0.3, 0.4) is 0 Å². The van der Waals surface area contributed by atoms with Crippen molar-refractivity contribution >= 4 is 5.96 Å². The molecule has 0 saturated carbocycles. The second-order valence-corrected chi connectivity index (χ2v) is 6.37. The van der Waals surface area contributed by atoms with Crippen molar-refractivity contribution in [2.45, 2.75) is 39.7 Å². The fraction of sp³-hybridized carbons (Fsp3) is 0.778. The molecule has 25 heavy (non-hydrogen) atoms. The van der Waals surface area contributed by atoms with Crippen molar-refractivity contribution in [2.24, 2.45) is 4.99 Å². The lowest BCUT2D eigenvalue weighted by Gasteiger charge is -2.26. The minimum Gasteiger partial charge on any atom is -0.379 e. The Hall–Kier alpha value is -1.60. The topological polar surface area (TPSA) is 66.7 Å². The highest BCUT2D eigenvalue weighted by molar-refractivity contribution is 5.79. The number of guanidine groups is 1. The number of nitrogens with zero attached hydrogens (tertiary/aromatic N) is 4. The van der Waals surface area contributed by atoms with Crippen molar-refractivity contribution in [1.82, 2.24) is 25.1 Å². The van der Waals surface area contributed by atoms with Crippen molar-refractivity contribution in [1.29, 1.82) is 0 Å². The average Bonchev–Trinajstić information content (AvgIpc) is 3.04.